The second-order valence-corrected chi connectivity index (χ2v) is 11.3. The topological polar surface area (TPSA) is 101 Å². The summed E-state index contributed by atoms with van der Waals surface area (Å²) in [5, 5.41) is 21.3. The van der Waals surface area contributed by atoms with Crippen molar-refractivity contribution in [1.82, 2.24) is 0 Å². The predicted octanol–water partition coefficient (Wildman–Crippen LogP) is 3.16. The van der Waals surface area contributed by atoms with Crippen molar-refractivity contribution in [3.63, 3.8) is 0 Å². The Morgan fingerprint density at radius 3 is 2.50 bits per heavy atom. The summed E-state index contributed by atoms with van der Waals surface area (Å²) in [6, 6.07) is 0. The van der Waals surface area contributed by atoms with E-state index in [1.807, 2.05) is 20.8 Å². The summed E-state index contributed by atoms with van der Waals surface area (Å²) >= 11 is 0. The molecule has 2 N–H and O–H groups in total. The molecule has 4 aliphatic carbocycles. The van der Waals surface area contributed by atoms with Gasteiger partial charge in [-0.15, -0.1) is 0 Å². The molecule has 4 fully saturated rings. The maximum absolute atomic E-state index is 17.3. The lowest BCUT2D eigenvalue weighted by Gasteiger charge is -2.65. The molecule has 4 aliphatic rings. The quantitative estimate of drug-likeness (QED) is 0.636. The number of ether oxygens (including phenoxy) is 1. The van der Waals surface area contributed by atoms with E-state index in [1.54, 1.807) is 6.92 Å². The van der Waals surface area contributed by atoms with Crippen molar-refractivity contribution in [2.24, 2.45) is 34.5 Å². The summed E-state index contributed by atoms with van der Waals surface area (Å²) in [6.07, 6.45) is 1.56. The normalized spacial score (nSPS) is 50.2. The highest BCUT2D eigenvalue weighted by Gasteiger charge is 2.77. The number of Topliss-reactive ketones (excluding diaryl/α,β-unsaturated/α-hetero) is 2. The van der Waals surface area contributed by atoms with Gasteiger partial charge in [-0.3, -0.25) is 14.4 Å². The Morgan fingerprint density at radius 2 is 1.88 bits per heavy atom. The monoisotopic (exact) mass is 452 g/mol. The van der Waals surface area contributed by atoms with Crippen LogP contribution in [-0.2, 0) is 19.1 Å². The number of hydrogen-bond donors (Lipinski definition) is 2. The van der Waals surface area contributed by atoms with Crippen LogP contribution in [0.2, 0.25) is 0 Å². The molecule has 0 amide bonds. The van der Waals surface area contributed by atoms with Gasteiger partial charge in [-0.05, 0) is 49.9 Å². The molecule has 0 aromatic carbocycles. The van der Waals surface area contributed by atoms with E-state index in [2.05, 4.69) is 0 Å². The molecule has 0 unspecified atom stereocenters. The Morgan fingerprint density at radius 1 is 1.19 bits per heavy atom. The minimum absolute atomic E-state index is 0.0198. The molecule has 0 bridgehead atoms. The molecule has 4 saturated carbocycles. The molecule has 0 heterocycles. The Balaban J connectivity index is 1.81. The fraction of sp³-hybridized carbons (Fsp3) is 0.880. The number of carbonyl (C=O) groups is 3. The zero-order chi connectivity index (χ0) is 23.7. The van der Waals surface area contributed by atoms with Crippen molar-refractivity contribution < 1.29 is 33.7 Å². The first-order valence-corrected chi connectivity index (χ1v) is 12.2. The van der Waals surface area contributed by atoms with Gasteiger partial charge in [-0.25, -0.2) is 4.39 Å². The molecule has 0 radical (unpaired) electrons. The zero-order valence-electron chi connectivity index (χ0n) is 19.7. The molecule has 0 saturated heterocycles. The Labute approximate surface area is 189 Å². The molecule has 6 nitrogen and oxygen atoms in total. The number of esters is 1. The van der Waals surface area contributed by atoms with E-state index in [-0.39, 0.29) is 30.5 Å². The molecular weight excluding hydrogens is 415 g/mol. The van der Waals surface area contributed by atoms with Gasteiger partial charge in [0.2, 0.25) is 5.78 Å². The molecule has 180 valence electrons. The zero-order valence-corrected chi connectivity index (χ0v) is 19.7. The molecule has 0 spiro atoms. The Hall–Kier alpha value is -1.34. The van der Waals surface area contributed by atoms with Gasteiger partial charge in [0, 0.05) is 36.0 Å². The Kier molecular flexibility index (Phi) is 5.65. The SMILES string of the molecule is CCC(=O)O[C@@]1(C(=O)CO)[C@H](C)C[C@H]2[C@@H]3CC[C@@H]4CC(=O)CC[C@]4(C)[C@@]3(F)[C@@H](O)C[C@@]21C. The van der Waals surface area contributed by atoms with Crippen LogP contribution in [0.1, 0.15) is 79.1 Å². The van der Waals surface area contributed by atoms with E-state index in [4.69, 9.17) is 4.74 Å². The van der Waals surface area contributed by atoms with Crippen molar-refractivity contribution in [3.05, 3.63) is 0 Å². The molecule has 0 aliphatic heterocycles. The third-order valence-corrected chi connectivity index (χ3v) is 10.2. The standard InChI is InChI=1S/C25H37FO6/c1-5-21(31)32-25(20(30)13-27)14(2)10-18-17-7-6-15-11-16(28)8-9-22(15,3)24(17,26)19(29)12-23(18,25)4/h14-15,17-19,27,29H,5-13H2,1-4H3/t14-,15-,17+,18+,19+,22+,23+,24+,25-/m1/s1. The van der Waals surface area contributed by atoms with Crippen molar-refractivity contribution in [2.45, 2.75) is 96.4 Å². The van der Waals surface area contributed by atoms with Crippen molar-refractivity contribution in [1.29, 1.82) is 0 Å². The lowest BCUT2D eigenvalue weighted by molar-refractivity contribution is -0.257. The van der Waals surface area contributed by atoms with Crippen LogP contribution in [0.25, 0.3) is 0 Å². The number of hydrogen-bond acceptors (Lipinski definition) is 6. The van der Waals surface area contributed by atoms with E-state index in [1.165, 1.54) is 0 Å². The maximum Gasteiger partial charge on any atom is 0.306 e. The summed E-state index contributed by atoms with van der Waals surface area (Å²) in [5.41, 5.74) is -5.24. The minimum atomic E-state index is -1.87. The van der Waals surface area contributed by atoms with Gasteiger partial charge in [0.1, 0.15) is 18.1 Å². The first kappa shape index (κ1) is 23.8. The third-order valence-electron chi connectivity index (χ3n) is 10.2. The molecule has 0 aromatic heterocycles. The minimum Gasteiger partial charge on any atom is -0.450 e. The van der Waals surface area contributed by atoms with Gasteiger partial charge in [0.05, 0.1) is 6.10 Å². The van der Waals surface area contributed by atoms with Crippen LogP contribution in [0, 0.1) is 34.5 Å². The highest BCUT2D eigenvalue weighted by Crippen LogP contribution is 2.72. The molecule has 4 rings (SSSR count). The number of ketones is 2. The first-order chi connectivity index (χ1) is 14.9. The van der Waals surface area contributed by atoms with E-state index < -0.39 is 58.4 Å². The van der Waals surface area contributed by atoms with Crippen molar-refractivity contribution in [2.75, 3.05) is 6.61 Å². The predicted molar refractivity (Wildman–Crippen MR) is 114 cm³/mol. The van der Waals surface area contributed by atoms with Crippen LogP contribution >= 0.6 is 0 Å². The van der Waals surface area contributed by atoms with E-state index >= 15 is 4.39 Å². The average molecular weight is 453 g/mol. The highest BCUT2D eigenvalue weighted by molar-refractivity contribution is 5.92. The van der Waals surface area contributed by atoms with Gasteiger partial charge >= 0.3 is 5.97 Å². The second-order valence-electron chi connectivity index (χ2n) is 11.3. The van der Waals surface area contributed by atoms with Gasteiger partial charge in [-0.1, -0.05) is 27.7 Å². The van der Waals surface area contributed by atoms with Crippen molar-refractivity contribution in [3.8, 4) is 0 Å². The summed E-state index contributed by atoms with van der Waals surface area (Å²) in [5.74, 6) is -2.21. The maximum atomic E-state index is 17.3. The first-order valence-electron chi connectivity index (χ1n) is 12.2. The lowest BCUT2D eigenvalue weighted by Crippen LogP contribution is -2.71. The summed E-state index contributed by atoms with van der Waals surface area (Å²) in [7, 11) is 0. The number of rotatable bonds is 4. The van der Waals surface area contributed by atoms with Crippen LogP contribution in [0.3, 0.4) is 0 Å². The number of fused-ring (bicyclic) bond motifs is 5. The van der Waals surface area contributed by atoms with E-state index in [0.717, 1.165) is 0 Å². The van der Waals surface area contributed by atoms with Crippen LogP contribution in [0.5, 0.6) is 0 Å². The molecule has 9 atom stereocenters. The van der Waals surface area contributed by atoms with Crippen molar-refractivity contribution >= 4 is 17.5 Å². The molecular formula is C25H37FO6. The third kappa shape index (κ3) is 2.73. The van der Waals surface area contributed by atoms with Crippen LogP contribution in [0.4, 0.5) is 4.39 Å². The van der Waals surface area contributed by atoms with Gasteiger partial charge < -0.3 is 14.9 Å². The molecule has 32 heavy (non-hydrogen) atoms. The van der Waals surface area contributed by atoms with Gasteiger partial charge in [0.25, 0.3) is 0 Å². The number of aliphatic hydroxyl groups excluding tert-OH is 2. The van der Waals surface area contributed by atoms with Crippen LogP contribution in [0.15, 0.2) is 0 Å². The Bertz CT molecular complexity index is 829. The number of alkyl halides is 1. The summed E-state index contributed by atoms with van der Waals surface area (Å²) < 4.78 is 23.1. The number of aliphatic hydroxyl groups is 2. The summed E-state index contributed by atoms with van der Waals surface area (Å²) in [4.78, 5) is 37.7. The fourth-order valence-electron chi connectivity index (χ4n) is 8.61. The van der Waals surface area contributed by atoms with E-state index in [9.17, 15) is 24.6 Å². The summed E-state index contributed by atoms with van der Waals surface area (Å²) in [6.45, 7) is 6.43. The van der Waals surface area contributed by atoms with Gasteiger partial charge in [0.15, 0.2) is 5.60 Å². The highest BCUT2D eigenvalue weighted by atomic mass is 19.1. The van der Waals surface area contributed by atoms with Crippen LogP contribution in [-0.4, -0.2) is 51.7 Å². The lowest BCUT2D eigenvalue weighted by atomic mass is 9.42. The largest absolute Gasteiger partial charge is 0.450 e. The molecule has 0 aromatic rings. The second kappa shape index (κ2) is 7.59. The number of halogens is 1. The van der Waals surface area contributed by atoms with Crippen LogP contribution < -0.4 is 0 Å². The number of carbonyl (C=O) groups excluding carboxylic acids is 3. The fourth-order valence-corrected chi connectivity index (χ4v) is 8.61. The van der Waals surface area contributed by atoms with Gasteiger partial charge in [-0.2, -0.15) is 0 Å². The molecule has 7 heteroatoms. The average Bonchev–Trinajstić information content (AvgIpc) is 2.96. The van der Waals surface area contributed by atoms with E-state index in [0.29, 0.717) is 38.5 Å². The smallest absolute Gasteiger partial charge is 0.306 e.